The first-order valence-electron chi connectivity index (χ1n) is 7.12. The average molecular weight is 308 g/mol. The molecule has 0 aliphatic rings. The zero-order valence-electron chi connectivity index (χ0n) is 12.9. The number of hydrogen-bond donors (Lipinski definition) is 1. The third-order valence-corrected chi connectivity index (χ3v) is 3.37. The largest absolute Gasteiger partial charge is 0.497 e. The minimum absolute atomic E-state index is 0.120. The van der Waals surface area contributed by atoms with E-state index in [0.29, 0.717) is 11.6 Å². The Labute approximate surface area is 133 Å². The molecule has 0 aliphatic carbocycles. The van der Waals surface area contributed by atoms with Gasteiger partial charge in [0, 0.05) is 12.6 Å². The number of carbonyl (C=O) groups is 1. The molecule has 0 fully saturated rings. The van der Waals surface area contributed by atoms with Crippen LogP contribution in [0.15, 0.2) is 54.6 Å². The first-order valence-corrected chi connectivity index (χ1v) is 7.12. The summed E-state index contributed by atoms with van der Waals surface area (Å²) in [6.07, 6.45) is 0. The number of methoxy groups -OCH3 is 1. The number of para-hydroxylation sites is 1. The molecule has 1 aromatic heterocycles. The highest BCUT2D eigenvalue weighted by Gasteiger charge is 2.18. The average Bonchev–Trinajstić information content (AvgIpc) is 3.07. The van der Waals surface area contributed by atoms with E-state index in [4.69, 9.17) is 4.74 Å². The minimum Gasteiger partial charge on any atom is -0.497 e. The molecule has 6 nitrogen and oxygen atoms in total. The summed E-state index contributed by atoms with van der Waals surface area (Å²) < 4.78 is 6.91. The Bertz CT molecular complexity index is 828. The smallest absolute Gasteiger partial charge is 0.290 e. The summed E-state index contributed by atoms with van der Waals surface area (Å²) in [5.74, 6) is 1.08. The maximum atomic E-state index is 11.9. The summed E-state index contributed by atoms with van der Waals surface area (Å²) in [5.41, 5.74) is 1.64. The van der Waals surface area contributed by atoms with Crippen LogP contribution in [-0.4, -0.2) is 34.8 Å². The van der Waals surface area contributed by atoms with Crippen LogP contribution in [-0.2, 0) is 0 Å². The lowest BCUT2D eigenvalue weighted by molar-refractivity contribution is 0.0953. The van der Waals surface area contributed by atoms with E-state index in [1.165, 1.54) is 0 Å². The van der Waals surface area contributed by atoms with Gasteiger partial charge >= 0.3 is 0 Å². The molecular weight excluding hydrogens is 292 g/mol. The van der Waals surface area contributed by atoms with Gasteiger partial charge in [-0.05, 0) is 24.3 Å². The SMILES string of the molecule is CNC(=O)c1nc(-c2cccc(OC)c2)n(-c2ccccc2)n1. The Kier molecular flexibility index (Phi) is 4.05. The Morgan fingerprint density at radius 3 is 2.61 bits per heavy atom. The van der Waals surface area contributed by atoms with Crippen molar-refractivity contribution in [1.29, 1.82) is 0 Å². The van der Waals surface area contributed by atoms with Crippen molar-refractivity contribution in [3.8, 4) is 22.8 Å². The number of benzene rings is 2. The molecule has 23 heavy (non-hydrogen) atoms. The van der Waals surface area contributed by atoms with Crippen molar-refractivity contribution in [1.82, 2.24) is 20.1 Å². The van der Waals surface area contributed by atoms with Gasteiger partial charge in [0.2, 0.25) is 5.82 Å². The van der Waals surface area contributed by atoms with Crippen molar-refractivity contribution in [2.45, 2.75) is 0 Å². The lowest BCUT2D eigenvalue weighted by atomic mass is 10.2. The number of amides is 1. The fraction of sp³-hybridized carbons (Fsp3) is 0.118. The fourth-order valence-electron chi connectivity index (χ4n) is 2.22. The Morgan fingerprint density at radius 2 is 1.91 bits per heavy atom. The highest BCUT2D eigenvalue weighted by atomic mass is 16.5. The van der Waals surface area contributed by atoms with E-state index in [1.54, 1.807) is 18.8 Å². The van der Waals surface area contributed by atoms with Crippen LogP contribution in [0.5, 0.6) is 5.75 Å². The second kappa shape index (κ2) is 6.31. The summed E-state index contributed by atoms with van der Waals surface area (Å²) in [7, 11) is 3.16. The molecule has 1 amide bonds. The van der Waals surface area contributed by atoms with Crippen molar-refractivity contribution >= 4 is 5.91 Å². The number of ether oxygens (including phenoxy) is 1. The van der Waals surface area contributed by atoms with Crippen molar-refractivity contribution in [2.75, 3.05) is 14.2 Å². The molecule has 0 radical (unpaired) electrons. The topological polar surface area (TPSA) is 69.0 Å². The summed E-state index contributed by atoms with van der Waals surface area (Å²) in [5, 5.41) is 6.88. The van der Waals surface area contributed by atoms with E-state index in [-0.39, 0.29) is 11.7 Å². The van der Waals surface area contributed by atoms with Gasteiger partial charge in [0.1, 0.15) is 5.75 Å². The van der Waals surface area contributed by atoms with Crippen LogP contribution < -0.4 is 10.1 Å². The van der Waals surface area contributed by atoms with Crippen molar-refractivity contribution in [3.63, 3.8) is 0 Å². The first kappa shape index (κ1) is 14.8. The molecule has 0 atom stereocenters. The molecule has 0 saturated carbocycles. The number of hydrogen-bond acceptors (Lipinski definition) is 4. The molecular formula is C17H16N4O2. The quantitative estimate of drug-likeness (QED) is 0.803. The Morgan fingerprint density at radius 1 is 1.13 bits per heavy atom. The molecule has 3 aromatic rings. The molecule has 1 heterocycles. The van der Waals surface area contributed by atoms with E-state index in [0.717, 1.165) is 11.3 Å². The lowest BCUT2D eigenvalue weighted by Gasteiger charge is -2.07. The van der Waals surface area contributed by atoms with Crippen LogP contribution in [0.3, 0.4) is 0 Å². The van der Waals surface area contributed by atoms with Gasteiger partial charge in [-0.3, -0.25) is 4.79 Å². The van der Waals surface area contributed by atoms with Crippen LogP contribution in [0.2, 0.25) is 0 Å². The van der Waals surface area contributed by atoms with Crippen LogP contribution in [0.4, 0.5) is 0 Å². The molecule has 116 valence electrons. The monoisotopic (exact) mass is 308 g/mol. The highest BCUT2D eigenvalue weighted by Crippen LogP contribution is 2.24. The maximum absolute atomic E-state index is 11.9. The van der Waals surface area contributed by atoms with Gasteiger partial charge in [-0.1, -0.05) is 30.3 Å². The van der Waals surface area contributed by atoms with Gasteiger partial charge in [-0.25, -0.2) is 9.67 Å². The second-order valence-electron chi connectivity index (χ2n) is 4.82. The van der Waals surface area contributed by atoms with Gasteiger partial charge in [0.25, 0.3) is 5.91 Å². The van der Waals surface area contributed by atoms with Crippen LogP contribution in [0.25, 0.3) is 17.1 Å². The number of aromatic nitrogens is 3. The zero-order chi connectivity index (χ0) is 16.2. The summed E-state index contributed by atoms with van der Waals surface area (Å²) >= 11 is 0. The Balaban J connectivity index is 2.17. The Hall–Kier alpha value is -3.15. The molecule has 0 spiro atoms. The maximum Gasteiger partial charge on any atom is 0.290 e. The number of carbonyl (C=O) groups excluding carboxylic acids is 1. The minimum atomic E-state index is -0.330. The van der Waals surface area contributed by atoms with E-state index < -0.39 is 0 Å². The third-order valence-electron chi connectivity index (χ3n) is 3.37. The molecule has 2 aromatic carbocycles. The standard InChI is InChI=1S/C17H16N4O2/c1-18-17(22)15-19-16(12-7-6-10-14(11-12)23-2)21(20-15)13-8-4-3-5-9-13/h3-11H,1-2H3,(H,18,22). The lowest BCUT2D eigenvalue weighted by Crippen LogP contribution is -2.19. The van der Waals surface area contributed by atoms with E-state index >= 15 is 0 Å². The first-order chi connectivity index (χ1) is 11.2. The molecule has 0 saturated heterocycles. The molecule has 0 bridgehead atoms. The fourth-order valence-corrected chi connectivity index (χ4v) is 2.22. The normalized spacial score (nSPS) is 10.3. The third kappa shape index (κ3) is 2.91. The van der Waals surface area contributed by atoms with Crippen LogP contribution >= 0.6 is 0 Å². The van der Waals surface area contributed by atoms with Crippen molar-refractivity contribution in [2.24, 2.45) is 0 Å². The summed E-state index contributed by atoms with van der Waals surface area (Å²) in [4.78, 5) is 16.3. The molecule has 0 unspecified atom stereocenters. The molecule has 0 aliphatic heterocycles. The summed E-state index contributed by atoms with van der Waals surface area (Å²) in [6, 6.07) is 17.0. The van der Waals surface area contributed by atoms with Crippen LogP contribution in [0, 0.1) is 0 Å². The predicted molar refractivity (Wildman–Crippen MR) is 86.7 cm³/mol. The van der Waals surface area contributed by atoms with Gasteiger partial charge in [-0.15, -0.1) is 5.10 Å². The molecule has 6 heteroatoms. The molecule has 3 rings (SSSR count). The zero-order valence-corrected chi connectivity index (χ0v) is 12.9. The van der Waals surface area contributed by atoms with Gasteiger partial charge < -0.3 is 10.1 Å². The number of nitrogens with zero attached hydrogens (tertiary/aromatic N) is 3. The van der Waals surface area contributed by atoms with E-state index in [1.807, 2.05) is 54.6 Å². The second-order valence-corrected chi connectivity index (χ2v) is 4.82. The van der Waals surface area contributed by atoms with Gasteiger partial charge in [0.15, 0.2) is 5.82 Å². The molecule has 1 N–H and O–H groups in total. The van der Waals surface area contributed by atoms with Gasteiger partial charge in [-0.2, -0.15) is 0 Å². The van der Waals surface area contributed by atoms with Crippen molar-refractivity contribution < 1.29 is 9.53 Å². The van der Waals surface area contributed by atoms with Crippen molar-refractivity contribution in [3.05, 3.63) is 60.4 Å². The van der Waals surface area contributed by atoms with E-state index in [9.17, 15) is 4.79 Å². The highest BCUT2D eigenvalue weighted by molar-refractivity contribution is 5.90. The predicted octanol–water partition coefficient (Wildman–Crippen LogP) is 2.30. The number of nitrogens with one attached hydrogen (secondary N) is 1. The summed E-state index contributed by atoms with van der Waals surface area (Å²) in [6.45, 7) is 0. The number of rotatable bonds is 4. The van der Waals surface area contributed by atoms with E-state index in [2.05, 4.69) is 15.4 Å². The van der Waals surface area contributed by atoms with Crippen LogP contribution in [0.1, 0.15) is 10.6 Å². The van der Waals surface area contributed by atoms with Gasteiger partial charge in [0.05, 0.1) is 12.8 Å².